The topological polar surface area (TPSA) is 520 Å². The lowest BCUT2D eigenvalue weighted by atomic mass is 9.75. The fraction of sp³-hybridized carbons (Fsp3) is 0.241. The van der Waals surface area contributed by atoms with Crippen molar-refractivity contribution in [1.82, 2.24) is 19.7 Å². The van der Waals surface area contributed by atoms with E-state index in [-0.39, 0.29) is 94.8 Å². The Hall–Kier alpha value is -14.9. The number of carbonyl (C=O) groups is 6. The quantitative estimate of drug-likeness (QED) is 0.00687. The smallest absolute Gasteiger partial charge is 0.434 e. The number of nitrogens with zero attached hydrogens (tertiary/aromatic N) is 8. The van der Waals surface area contributed by atoms with E-state index in [1.54, 1.807) is 0 Å². The molecule has 1 heterocycles. The first-order valence-electron chi connectivity index (χ1n) is 36.5. The van der Waals surface area contributed by atoms with Gasteiger partial charge in [0.1, 0.15) is 34.5 Å². The van der Waals surface area contributed by atoms with Gasteiger partial charge in [0.15, 0.2) is 0 Å². The Morgan fingerprint density at radius 3 is 0.645 bits per heavy atom. The highest BCUT2D eigenvalue weighted by Gasteiger charge is 2.50. The summed E-state index contributed by atoms with van der Waals surface area (Å²) in [6.45, 7) is -5.20. The maximum atomic E-state index is 18.3. The molecule has 2 N–H and O–H groups in total. The minimum absolute atomic E-state index is 0.00833. The molecule has 0 bridgehead atoms. The van der Waals surface area contributed by atoms with Crippen molar-refractivity contribution in [2.45, 2.75) is 55.1 Å². The van der Waals surface area contributed by atoms with Crippen molar-refractivity contribution in [3.05, 3.63) is 314 Å². The van der Waals surface area contributed by atoms with Crippen molar-refractivity contribution in [1.29, 1.82) is 0 Å². The van der Waals surface area contributed by atoms with Crippen LogP contribution in [0.1, 0.15) is 55.2 Å². The molecule has 1 fully saturated rings. The number of hydrogen-bond acceptors (Lipinski definition) is 32. The van der Waals surface area contributed by atoms with E-state index in [1.165, 1.54) is 4.67 Å². The van der Waals surface area contributed by atoms with Gasteiger partial charge in [0.25, 0.3) is 41.7 Å². The molecule has 121 heavy (non-hydrogen) atoms. The van der Waals surface area contributed by atoms with Crippen molar-refractivity contribution >= 4 is 78.7 Å². The molecule has 10 rings (SSSR count). The zero-order valence-corrected chi connectivity index (χ0v) is 64.4. The molecule has 41 nitrogen and oxygen atoms in total. The molecule has 0 aromatic heterocycles. The van der Waals surface area contributed by atoms with Crippen LogP contribution in [0.15, 0.2) is 237 Å². The van der Waals surface area contributed by atoms with E-state index in [9.17, 15) is 89.5 Å². The summed E-state index contributed by atoms with van der Waals surface area (Å²) in [4.78, 5) is 151. The highest BCUT2D eigenvalue weighted by atomic mass is 31.2. The van der Waals surface area contributed by atoms with Crippen LogP contribution in [0.5, 0.6) is 34.5 Å². The SMILES string of the molecule is O=C(OCCC(CCOC(=O)Oc1ccc([N+](=O)[O-])cc1)(CCOC(=O)Oc1ccc([N+](=O)[O-])cc1)NP(=O)(NC(CCOC(=O)Oc1ccc([N+](=O)[O-])cc1)(CCOC(=O)Oc1ccc([N+](=O)[O-])cc1)CCOC(=O)Oc1ccc([N+](=O)[O-])cc1)N1CCN(C(c2ccccc2)(c2ccccc2)c2ccccc2)CC1)Oc1ccc([N+](=O)[O-])cc1. The molecule has 1 saturated heterocycles. The minimum atomic E-state index is -5.18. The van der Waals surface area contributed by atoms with E-state index in [4.69, 9.17) is 56.8 Å². The lowest BCUT2D eigenvalue weighted by Gasteiger charge is -2.52. The molecule has 0 radical (unpaired) electrons. The van der Waals surface area contributed by atoms with Crippen LogP contribution in [-0.2, 0) is 38.5 Å². The first kappa shape index (κ1) is 88.4. The van der Waals surface area contributed by atoms with Crippen molar-refractivity contribution < 1.29 is 120 Å². The van der Waals surface area contributed by atoms with Crippen LogP contribution in [0.4, 0.5) is 62.9 Å². The van der Waals surface area contributed by atoms with Gasteiger partial charge >= 0.3 is 36.9 Å². The average molecular weight is 1690 g/mol. The first-order valence-corrected chi connectivity index (χ1v) is 38.2. The first-order chi connectivity index (χ1) is 58.1. The number of ether oxygens (including phenoxy) is 12. The second-order valence-corrected chi connectivity index (χ2v) is 28.5. The Morgan fingerprint density at radius 2 is 0.471 bits per heavy atom. The number of benzene rings is 9. The molecule has 0 atom stereocenters. The fourth-order valence-corrected chi connectivity index (χ4v) is 15.9. The van der Waals surface area contributed by atoms with Crippen LogP contribution in [0, 0.1) is 60.7 Å². The number of hydrogen-bond donors (Lipinski definition) is 2. The van der Waals surface area contributed by atoms with Crippen molar-refractivity contribution in [2.24, 2.45) is 0 Å². The molecule has 0 saturated carbocycles. The average Bonchev–Trinajstić information content (AvgIpc) is 0.724. The number of rotatable bonds is 39. The maximum absolute atomic E-state index is 18.3. The number of piperazine rings is 1. The van der Waals surface area contributed by atoms with E-state index >= 15 is 4.57 Å². The van der Waals surface area contributed by atoms with Crippen molar-refractivity contribution in [3.63, 3.8) is 0 Å². The van der Waals surface area contributed by atoms with Crippen LogP contribution in [0.25, 0.3) is 0 Å². The molecule has 630 valence electrons. The normalized spacial score (nSPS) is 12.4. The van der Waals surface area contributed by atoms with Gasteiger partial charge in [-0.1, -0.05) is 91.0 Å². The Morgan fingerprint density at radius 1 is 0.289 bits per heavy atom. The van der Waals surface area contributed by atoms with Gasteiger partial charge in [0.05, 0.1) is 74.7 Å². The fourth-order valence-electron chi connectivity index (χ4n) is 12.8. The lowest BCUT2D eigenvalue weighted by molar-refractivity contribution is -0.385. The Bertz CT molecular complexity index is 4460. The second-order valence-electron chi connectivity index (χ2n) is 26.3. The third-order valence-corrected chi connectivity index (χ3v) is 21.5. The van der Waals surface area contributed by atoms with Gasteiger partial charge in [-0.25, -0.2) is 43.6 Å². The van der Waals surface area contributed by atoms with Gasteiger partial charge in [0, 0.05) is 149 Å². The minimum Gasteiger partial charge on any atom is -0.434 e. The van der Waals surface area contributed by atoms with Crippen LogP contribution >= 0.6 is 7.59 Å². The third kappa shape index (κ3) is 25.1. The Labute approximate surface area is 684 Å². The van der Waals surface area contributed by atoms with E-state index in [0.29, 0.717) is 0 Å². The van der Waals surface area contributed by atoms with E-state index in [2.05, 4.69) is 15.1 Å². The Balaban J connectivity index is 1.12. The van der Waals surface area contributed by atoms with Crippen molar-refractivity contribution in [3.8, 4) is 34.5 Å². The largest absolute Gasteiger partial charge is 0.513 e. The van der Waals surface area contributed by atoms with Gasteiger partial charge in [-0.05, 0) is 89.5 Å². The number of nitro groups is 6. The summed E-state index contributed by atoms with van der Waals surface area (Å²) in [7, 11) is -5.18. The molecule has 42 heteroatoms. The summed E-state index contributed by atoms with van der Waals surface area (Å²) >= 11 is 0. The molecule has 1 aliphatic heterocycles. The highest BCUT2D eigenvalue weighted by molar-refractivity contribution is 7.57. The summed E-state index contributed by atoms with van der Waals surface area (Å²) in [5.41, 5.74) is -5.25. The van der Waals surface area contributed by atoms with Crippen LogP contribution in [-0.4, -0.2) is 153 Å². The zero-order chi connectivity index (χ0) is 86.5. The lowest BCUT2D eigenvalue weighted by Crippen LogP contribution is -2.61. The second kappa shape index (κ2) is 41.8. The predicted molar refractivity (Wildman–Crippen MR) is 420 cm³/mol. The molecule has 0 aliphatic carbocycles. The summed E-state index contributed by atoms with van der Waals surface area (Å²) in [6, 6.07) is 53.9. The molecule has 1 aliphatic rings. The molecule has 0 amide bonds. The summed E-state index contributed by atoms with van der Waals surface area (Å²) < 4.78 is 86.3. The van der Waals surface area contributed by atoms with Gasteiger partial charge in [0.2, 0.25) is 0 Å². The van der Waals surface area contributed by atoms with E-state index in [1.807, 2.05) is 91.0 Å². The van der Waals surface area contributed by atoms with E-state index < -0.39 is 169 Å². The standard InChI is InChI=1S/C79H73N10O31P/c90-71(115-65-28-16-59(17-29-65)84(96)97)109-50-40-77(41-51-110-72(91)116-66-30-18-60(19-31-66)85(98)99,42-52-111-73(92)117-67-32-20-61(21-33-67)86(100)101)80-121(108,83-48-46-82(47-49-83)79(56-10-4-1-5-11-56,57-12-6-2-7-13-57)58-14-8-3-9-15-58)81-78(43-53-112-74(93)118-68-34-22-62(23-35-68)87(102)103,44-54-113-75(94)119-69-36-24-63(25-37-69)88(104)105)45-55-114-76(95)120-70-38-26-64(27-39-70)89(106)107/h1-39H,40-55H2,(H2,80,81,108). The number of non-ortho nitro benzene ring substituents is 6. The van der Waals surface area contributed by atoms with Crippen LogP contribution in [0.3, 0.4) is 0 Å². The van der Waals surface area contributed by atoms with Crippen LogP contribution < -0.4 is 38.6 Å². The van der Waals surface area contributed by atoms with Gasteiger partial charge in [-0.3, -0.25) is 70.2 Å². The monoisotopic (exact) mass is 1690 g/mol. The predicted octanol–water partition coefficient (Wildman–Crippen LogP) is 15.4. The van der Waals surface area contributed by atoms with Crippen molar-refractivity contribution in [2.75, 3.05) is 65.8 Å². The van der Waals surface area contributed by atoms with Gasteiger partial charge < -0.3 is 56.8 Å². The molecular formula is C79H73N10O31P. The Kier molecular flexibility index (Phi) is 30.5. The molecule has 9 aromatic rings. The zero-order valence-electron chi connectivity index (χ0n) is 63.5. The molecule has 0 spiro atoms. The molecule has 0 unspecified atom stereocenters. The van der Waals surface area contributed by atoms with Crippen LogP contribution in [0.2, 0.25) is 0 Å². The highest BCUT2D eigenvalue weighted by Crippen LogP contribution is 2.52. The molecular weight excluding hydrogens is 1620 g/mol. The summed E-state index contributed by atoms with van der Waals surface area (Å²) in [6.07, 6.45) is -12.1. The third-order valence-electron chi connectivity index (χ3n) is 18.8. The number of nitro benzene ring substituents is 6. The summed E-state index contributed by atoms with van der Waals surface area (Å²) in [5.74, 6) is -1.44. The summed E-state index contributed by atoms with van der Waals surface area (Å²) in [5, 5.41) is 76.1. The maximum Gasteiger partial charge on any atom is 0.513 e. The number of nitrogens with one attached hydrogen (secondary N) is 2. The van der Waals surface area contributed by atoms with E-state index in [0.717, 1.165) is 162 Å². The number of carbonyl (C=O) groups excluding carboxylic acids is 6. The molecule has 9 aromatic carbocycles. The van der Waals surface area contributed by atoms with Gasteiger partial charge in [-0.15, -0.1) is 0 Å². The van der Waals surface area contributed by atoms with Gasteiger partial charge in [-0.2, -0.15) is 0 Å².